The van der Waals surface area contributed by atoms with Crippen molar-refractivity contribution in [1.82, 2.24) is 4.98 Å². The third-order valence-corrected chi connectivity index (χ3v) is 2.34. The Morgan fingerprint density at radius 2 is 1.88 bits per heavy atom. The van der Waals surface area contributed by atoms with Gasteiger partial charge in [0, 0.05) is 22.8 Å². The fourth-order valence-corrected chi connectivity index (χ4v) is 1.75. The summed E-state index contributed by atoms with van der Waals surface area (Å²) in [6.07, 6.45) is 0. The van der Waals surface area contributed by atoms with E-state index >= 15 is 0 Å². The molecule has 0 fully saturated rings. The van der Waals surface area contributed by atoms with Gasteiger partial charge in [-0.25, -0.2) is 0 Å². The summed E-state index contributed by atoms with van der Waals surface area (Å²) < 4.78 is 5.96. The Labute approximate surface area is 102 Å². The van der Waals surface area contributed by atoms with Gasteiger partial charge in [-0.3, -0.25) is 4.98 Å². The highest BCUT2D eigenvalue weighted by molar-refractivity contribution is 5.88. The number of ether oxygens (including phenoxy) is 1. The molecule has 0 radical (unpaired) electrons. The van der Waals surface area contributed by atoms with Gasteiger partial charge in [0.15, 0.2) is 0 Å². The van der Waals surface area contributed by atoms with Crippen LogP contribution in [-0.2, 0) is 0 Å². The molecule has 17 heavy (non-hydrogen) atoms. The lowest BCUT2D eigenvalue weighted by atomic mass is 10.1. The number of nitrogens with zero attached hydrogens (tertiary/aromatic N) is 1. The summed E-state index contributed by atoms with van der Waals surface area (Å²) in [4.78, 5) is 4.47. The molecule has 1 heterocycles. The Morgan fingerprint density at radius 1 is 1.18 bits per heavy atom. The van der Waals surface area contributed by atoms with Gasteiger partial charge in [0.05, 0.1) is 5.52 Å². The number of aryl methyl sites for hydroxylation is 1. The van der Waals surface area contributed by atoms with Crippen LogP contribution in [0.4, 0.5) is 5.69 Å². The molecule has 0 unspecified atom stereocenters. The molecule has 0 aliphatic heterocycles. The van der Waals surface area contributed by atoms with Crippen LogP contribution in [0.1, 0.15) is 26.5 Å². The fraction of sp³-hybridized carbons (Fsp3) is 0.357. The van der Waals surface area contributed by atoms with Crippen LogP contribution < -0.4 is 10.5 Å². The Hall–Kier alpha value is -1.77. The van der Waals surface area contributed by atoms with Crippen molar-refractivity contribution in [3.63, 3.8) is 0 Å². The average Bonchev–Trinajstić information content (AvgIpc) is 2.16. The van der Waals surface area contributed by atoms with Crippen molar-refractivity contribution in [2.45, 2.75) is 33.3 Å². The van der Waals surface area contributed by atoms with E-state index in [-0.39, 0.29) is 5.60 Å². The zero-order valence-electron chi connectivity index (χ0n) is 10.7. The molecule has 1 aromatic carbocycles. The van der Waals surface area contributed by atoms with Crippen LogP contribution >= 0.6 is 0 Å². The monoisotopic (exact) mass is 230 g/mol. The highest BCUT2D eigenvalue weighted by atomic mass is 16.5. The molecule has 2 aromatic rings. The van der Waals surface area contributed by atoms with Gasteiger partial charge in [0.2, 0.25) is 0 Å². The van der Waals surface area contributed by atoms with Gasteiger partial charge >= 0.3 is 0 Å². The van der Waals surface area contributed by atoms with E-state index < -0.39 is 0 Å². The molecule has 0 spiro atoms. The van der Waals surface area contributed by atoms with Crippen LogP contribution in [0.3, 0.4) is 0 Å². The Bertz CT molecular complexity index is 556. The topological polar surface area (TPSA) is 48.1 Å². The highest BCUT2D eigenvalue weighted by Crippen LogP contribution is 2.29. The van der Waals surface area contributed by atoms with Crippen LogP contribution in [0, 0.1) is 6.92 Å². The van der Waals surface area contributed by atoms with E-state index in [9.17, 15) is 0 Å². The molecular weight excluding hydrogens is 212 g/mol. The zero-order valence-corrected chi connectivity index (χ0v) is 10.7. The smallest absolute Gasteiger partial charge is 0.131 e. The molecule has 3 heteroatoms. The first-order valence-electron chi connectivity index (χ1n) is 5.71. The average molecular weight is 230 g/mol. The zero-order chi connectivity index (χ0) is 12.6. The fourth-order valence-electron chi connectivity index (χ4n) is 1.75. The van der Waals surface area contributed by atoms with E-state index in [1.165, 1.54) is 0 Å². The van der Waals surface area contributed by atoms with Gasteiger partial charge in [0.25, 0.3) is 0 Å². The molecule has 0 saturated heterocycles. The number of rotatable bonds is 1. The van der Waals surface area contributed by atoms with E-state index in [0.717, 1.165) is 28.0 Å². The normalized spacial score (nSPS) is 11.8. The third kappa shape index (κ3) is 2.67. The second-order valence-corrected chi connectivity index (χ2v) is 5.25. The number of aromatic nitrogens is 1. The molecule has 0 amide bonds. The number of benzene rings is 1. The van der Waals surface area contributed by atoms with Crippen LogP contribution in [-0.4, -0.2) is 10.6 Å². The molecule has 0 saturated carbocycles. The van der Waals surface area contributed by atoms with Crippen molar-refractivity contribution in [1.29, 1.82) is 0 Å². The lowest BCUT2D eigenvalue weighted by Crippen LogP contribution is -2.23. The van der Waals surface area contributed by atoms with Crippen molar-refractivity contribution in [3.8, 4) is 5.75 Å². The molecule has 2 rings (SSSR count). The van der Waals surface area contributed by atoms with E-state index in [1.54, 1.807) is 0 Å². The summed E-state index contributed by atoms with van der Waals surface area (Å²) >= 11 is 0. The third-order valence-electron chi connectivity index (χ3n) is 2.34. The summed E-state index contributed by atoms with van der Waals surface area (Å²) in [5.41, 5.74) is 8.17. The van der Waals surface area contributed by atoms with Crippen molar-refractivity contribution < 1.29 is 4.74 Å². The van der Waals surface area contributed by atoms with Crippen molar-refractivity contribution in [3.05, 3.63) is 30.0 Å². The number of anilines is 1. The lowest BCUT2D eigenvalue weighted by Gasteiger charge is -2.22. The van der Waals surface area contributed by atoms with Crippen molar-refractivity contribution >= 4 is 16.6 Å². The van der Waals surface area contributed by atoms with Gasteiger partial charge in [-0.2, -0.15) is 0 Å². The minimum Gasteiger partial charge on any atom is -0.487 e. The highest BCUT2D eigenvalue weighted by Gasteiger charge is 2.15. The minimum atomic E-state index is -0.231. The number of nitrogens with two attached hydrogens (primary N) is 1. The lowest BCUT2D eigenvalue weighted by molar-refractivity contribution is 0.133. The summed E-state index contributed by atoms with van der Waals surface area (Å²) in [5.74, 6) is 0.840. The van der Waals surface area contributed by atoms with E-state index in [0.29, 0.717) is 0 Å². The van der Waals surface area contributed by atoms with Crippen LogP contribution in [0.15, 0.2) is 24.3 Å². The Morgan fingerprint density at radius 3 is 2.53 bits per heavy atom. The van der Waals surface area contributed by atoms with E-state index in [1.807, 2.05) is 52.0 Å². The van der Waals surface area contributed by atoms with Gasteiger partial charge in [-0.15, -0.1) is 0 Å². The molecule has 90 valence electrons. The van der Waals surface area contributed by atoms with Gasteiger partial charge in [-0.05, 0) is 45.9 Å². The maximum absolute atomic E-state index is 5.96. The predicted molar refractivity (Wildman–Crippen MR) is 71.3 cm³/mol. The molecule has 3 nitrogen and oxygen atoms in total. The largest absolute Gasteiger partial charge is 0.487 e. The number of pyridine rings is 1. The van der Waals surface area contributed by atoms with E-state index in [4.69, 9.17) is 10.5 Å². The first kappa shape index (κ1) is 11.7. The van der Waals surface area contributed by atoms with Crippen molar-refractivity contribution in [2.75, 3.05) is 5.73 Å². The van der Waals surface area contributed by atoms with Crippen LogP contribution in [0.5, 0.6) is 5.75 Å². The number of hydrogen-bond acceptors (Lipinski definition) is 3. The molecule has 1 aromatic heterocycles. The molecule has 0 aliphatic rings. The van der Waals surface area contributed by atoms with Gasteiger partial charge in [0.1, 0.15) is 11.4 Å². The summed E-state index contributed by atoms with van der Waals surface area (Å²) in [5, 5.41) is 0.963. The quantitative estimate of drug-likeness (QED) is 0.765. The Balaban J connectivity index is 2.63. The first-order chi connectivity index (χ1) is 7.85. The van der Waals surface area contributed by atoms with Gasteiger partial charge in [-0.1, -0.05) is 0 Å². The Kier molecular flexibility index (Phi) is 2.69. The summed E-state index contributed by atoms with van der Waals surface area (Å²) in [6.45, 7) is 8.05. The minimum absolute atomic E-state index is 0.231. The van der Waals surface area contributed by atoms with Crippen molar-refractivity contribution in [2.24, 2.45) is 0 Å². The number of fused-ring (bicyclic) bond motifs is 1. The predicted octanol–water partition coefficient (Wildman–Crippen LogP) is 3.30. The molecule has 0 aliphatic carbocycles. The molecule has 2 N–H and O–H groups in total. The second kappa shape index (κ2) is 3.91. The molecular formula is C14H18N2O. The summed E-state index contributed by atoms with van der Waals surface area (Å²) in [6, 6.07) is 7.64. The van der Waals surface area contributed by atoms with Gasteiger partial charge < -0.3 is 10.5 Å². The first-order valence-corrected chi connectivity index (χ1v) is 5.71. The van der Waals surface area contributed by atoms with E-state index in [2.05, 4.69) is 4.98 Å². The van der Waals surface area contributed by atoms with Crippen LogP contribution in [0.25, 0.3) is 10.9 Å². The maximum atomic E-state index is 5.96. The van der Waals surface area contributed by atoms with Crippen LogP contribution in [0.2, 0.25) is 0 Å². The molecule has 0 atom stereocenters. The number of nitrogen functional groups attached to an aromatic ring is 1. The number of hydrogen-bond donors (Lipinski definition) is 1. The second-order valence-electron chi connectivity index (χ2n) is 5.25. The maximum Gasteiger partial charge on any atom is 0.131 e. The standard InChI is InChI=1S/C14H18N2O/c1-9-7-13(17-14(2,3)4)11-8-10(15)5-6-12(11)16-9/h5-8H,15H2,1-4H3. The summed E-state index contributed by atoms with van der Waals surface area (Å²) in [7, 11) is 0. The SMILES string of the molecule is Cc1cc(OC(C)(C)C)c2cc(N)ccc2n1. The molecule has 0 bridgehead atoms.